The highest BCUT2D eigenvalue weighted by atomic mass is 16.6. The highest BCUT2D eigenvalue weighted by Crippen LogP contribution is 2.17. The number of esters is 2. The minimum atomic E-state index is -1.06. The van der Waals surface area contributed by atoms with Gasteiger partial charge in [-0.3, -0.25) is 9.59 Å². The zero-order valence-electron chi connectivity index (χ0n) is 25.2. The molecule has 224 valence electrons. The number of rotatable bonds is 6. The molecule has 0 N–H and O–H groups in total. The van der Waals surface area contributed by atoms with Gasteiger partial charge in [0.05, 0.1) is 12.8 Å². The average molecular weight is 561 g/mol. The van der Waals surface area contributed by atoms with E-state index < -0.39 is 84.6 Å². The largest absolute Gasteiger partial charge is 0.443 e. The summed E-state index contributed by atoms with van der Waals surface area (Å²) in [5.41, 5.74) is -3.71. The van der Waals surface area contributed by atoms with Crippen LogP contribution >= 0.6 is 0 Å². The molecule has 0 rings (SSSR count). The first-order valence-electron chi connectivity index (χ1n) is 12.5. The number of carbonyl (C=O) groups excluding carboxylic acids is 6. The zero-order valence-corrected chi connectivity index (χ0v) is 25.2. The van der Waals surface area contributed by atoms with Crippen molar-refractivity contribution in [2.75, 3.05) is 13.1 Å². The molecule has 0 unspecified atom stereocenters. The standard InChI is InChI=1S/C26H44N2O11/c1-23(2,3)36-19(31)27(20(32)37-24(4,5)6)15-13-17(29)35-18(30)14-16-28(21(33)38-25(7,8)9)22(34)39-26(10,11)12/h13-16H2,1-12H3. The van der Waals surface area contributed by atoms with E-state index in [0.717, 1.165) is 0 Å². The Balaban J connectivity index is 5.30. The average Bonchev–Trinajstić information content (AvgIpc) is 2.62. The van der Waals surface area contributed by atoms with Crippen LogP contribution in [0.3, 0.4) is 0 Å². The molecule has 0 fully saturated rings. The summed E-state index contributed by atoms with van der Waals surface area (Å²) in [6.45, 7) is 18.2. The van der Waals surface area contributed by atoms with Crippen molar-refractivity contribution in [1.29, 1.82) is 0 Å². The molecule has 13 heteroatoms. The minimum Gasteiger partial charge on any atom is -0.443 e. The zero-order chi connectivity index (χ0) is 31.0. The van der Waals surface area contributed by atoms with Crippen LogP contribution in [0.2, 0.25) is 0 Å². The maximum atomic E-state index is 12.5. The van der Waals surface area contributed by atoms with Crippen LogP contribution in [0.4, 0.5) is 19.2 Å². The van der Waals surface area contributed by atoms with Crippen LogP contribution in [-0.2, 0) is 33.3 Å². The van der Waals surface area contributed by atoms with Gasteiger partial charge in [-0.25, -0.2) is 29.0 Å². The Morgan fingerprint density at radius 2 is 0.641 bits per heavy atom. The summed E-state index contributed by atoms with van der Waals surface area (Å²) in [6, 6.07) is 0. The van der Waals surface area contributed by atoms with E-state index in [1.165, 1.54) is 0 Å². The van der Waals surface area contributed by atoms with Gasteiger partial charge in [0, 0.05) is 13.1 Å². The molecule has 0 bridgehead atoms. The van der Waals surface area contributed by atoms with Crippen LogP contribution < -0.4 is 0 Å². The van der Waals surface area contributed by atoms with E-state index in [9.17, 15) is 28.8 Å². The molecule has 0 heterocycles. The molecule has 0 saturated heterocycles. The van der Waals surface area contributed by atoms with Gasteiger partial charge in [0.1, 0.15) is 22.4 Å². The van der Waals surface area contributed by atoms with Crippen molar-refractivity contribution < 1.29 is 52.5 Å². The fourth-order valence-corrected chi connectivity index (χ4v) is 2.42. The Hall–Kier alpha value is -3.38. The molecular weight excluding hydrogens is 516 g/mol. The topological polar surface area (TPSA) is 155 Å². The lowest BCUT2D eigenvalue weighted by molar-refractivity contribution is -0.159. The Kier molecular flexibility index (Phi) is 12.4. The van der Waals surface area contributed by atoms with Gasteiger partial charge in [-0.1, -0.05) is 0 Å². The lowest BCUT2D eigenvalue weighted by Gasteiger charge is -2.28. The molecule has 4 amide bonds. The number of hydrogen-bond donors (Lipinski definition) is 0. The summed E-state index contributed by atoms with van der Waals surface area (Å²) in [5.74, 6) is -2.11. The fourth-order valence-electron chi connectivity index (χ4n) is 2.42. The van der Waals surface area contributed by atoms with E-state index >= 15 is 0 Å². The van der Waals surface area contributed by atoms with E-state index in [-0.39, 0.29) is 0 Å². The summed E-state index contributed by atoms with van der Waals surface area (Å²) in [4.78, 5) is 75.8. The molecule has 0 aromatic heterocycles. The molecule has 0 aliphatic heterocycles. The van der Waals surface area contributed by atoms with Crippen molar-refractivity contribution in [3.63, 3.8) is 0 Å². The highest BCUT2D eigenvalue weighted by molar-refractivity contribution is 5.91. The second-order valence-electron chi connectivity index (χ2n) is 12.6. The summed E-state index contributed by atoms with van der Waals surface area (Å²) >= 11 is 0. The third kappa shape index (κ3) is 16.9. The summed E-state index contributed by atoms with van der Waals surface area (Å²) in [7, 11) is 0. The number of hydrogen-bond acceptors (Lipinski definition) is 11. The van der Waals surface area contributed by atoms with E-state index in [0.29, 0.717) is 9.80 Å². The lowest BCUT2D eigenvalue weighted by atomic mass is 10.2. The third-order valence-electron chi connectivity index (χ3n) is 3.76. The second kappa shape index (κ2) is 13.6. The van der Waals surface area contributed by atoms with Gasteiger partial charge in [-0.15, -0.1) is 0 Å². The number of carbonyl (C=O) groups is 6. The minimum absolute atomic E-state index is 0.488. The molecule has 0 aliphatic carbocycles. The maximum Gasteiger partial charge on any atom is 0.419 e. The smallest absolute Gasteiger partial charge is 0.419 e. The van der Waals surface area contributed by atoms with Crippen molar-refractivity contribution in [2.45, 2.75) is 118 Å². The van der Waals surface area contributed by atoms with Crippen LogP contribution in [-0.4, -0.2) is 81.6 Å². The van der Waals surface area contributed by atoms with Crippen LogP contribution in [0.25, 0.3) is 0 Å². The van der Waals surface area contributed by atoms with Crippen molar-refractivity contribution in [3.8, 4) is 0 Å². The second-order valence-corrected chi connectivity index (χ2v) is 12.6. The molecule has 0 saturated carbocycles. The number of imide groups is 2. The Morgan fingerprint density at radius 3 is 0.821 bits per heavy atom. The number of nitrogens with zero attached hydrogens (tertiary/aromatic N) is 2. The first-order chi connectivity index (χ1) is 17.3. The van der Waals surface area contributed by atoms with Crippen LogP contribution in [0.1, 0.15) is 95.9 Å². The Bertz CT molecular complexity index is 786. The molecule has 0 spiro atoms. The third-order valence-corrected chi connectivity index (χ3v) is 3.76. The van der Waals surface area contributed by atoms with E-state index in [4.69, 9.17) is 23.7 Å². The van der Waals surface area contributed by atoms with Gasteiger partial charge in [0.2, 0.25) is 0 Å². The van der Waals surface area contributed by atoms with Gasteiger partial charge in [0.25, 0.3) is 0 Å². The number of amides is 4. The first kappa shape index (κ1) is 35.6. The van der Waals surface area contributed by atoms with Gasteiger partial charge < -0.3 is 23.7 Å². The van der Waals surface area contributed by atoms with Crippen molar-refractivity contribution in [3.05, 3.63) is 0 Å². The van der Waals surface area contributed by atoms with Crippen LogP contribution in [0.15, 0.2) is 0 Å². The normalized spacial score (nSPS) is 12.1. The molecule has 13 nitrogen and oxygen atoms in total. The highest BCUT2D eigenvalue weighted by Gasteiger charge is 2.33. The van der Waals surface area contributed by atoms with Gasteiger partial charge >= 0.3 is 36.3 Å². The molecular formula is C26H44N2O11. The monoisotopic (exact) mass is 560 g/mol. The predicted octanol–water partition coefficient (Wildman–Crippen LogP) is 5.18. The molecule has 0 aliphatic rings. The molecule has 0 aromatic rings. The quantitative estimate of drug-likeness (QED) is 0.240. The molecule has 0 aromatic carbocycles. The Labute approximate surface area is 230 Å². The summed E-state index contributed by atoms with van der Waals surface area (Å²) < 4.78 is 25.5. The Morgan fingerprint density at radius 1 is 0.436 bits per heavy atom. The first-order valence-corrected chi connectivity index (χ1v) is 12.5. The molecule has 0 radical (unpaired) electrons. The van der Waals surface area contributed by atoms with Gasteiger partial charge in [-0.05, 0) is 83.1 Å². The van der Waals surface area contributed by atoms with Gasteiger partial charge in [0.15, 0.2) is 0 Å². The van der Waals surface area contributed by atoms with E-state index in [2.05, 4.69) is 0 Å². The molecule has 0 atom stereocenters. The van der Waals surface area contributed by atoms with Gasteiger partial charge in [-0.2, -0.15) is 0 Å². The van der Waals surface area contributed by atoms with E-state index in [1.807, 2.05) is 0 Å². The van der Waals surface area contributed by atoms with Crippen molar-refractivity contribution in [1.82, 2.24) is 9.80 Å². The SMILES string of the molecule is CC(C)(C)OC(=O)N(CCC(=O)OC(=O)CCN(C(=O)OC(C)(C)C)C(=O)OC(C)(C)C)C(=O)OC(C)(C)C. The number of ether oxygens (including phenoxy) is 5. The van der Waals surface area contributed by atoms with Crippen molar-refractivity contribution in [2.24, 2.45) is 0 Å². The van der Waals surface area contributed by atoms with Crippen LogP contribution in [0.5, 0.6) is 0 Å². The van der Waals surface area contributed by atoms with Crippen LogP contribution in [0, 0.1) is 0 Å². The summed E-state index contributed by atoms with van der Waals surface area (Å²) in [5, 5.41) is 0. The van der Waals surface area contributed by atoms with Crippen molar-refractivity contribution >= 4 is 36.3 Å². The maximum absolute atomic E-state index is 12.5. The fraction of sp³-hybridized carbons (Fsp3) is 0.769. The lowest BCUT2D eigenvalue weighted by Crippen LogP contribution is -2.45. The van der Waals surface area contributed by atoms with E-state index in [1.54, 1.807) is 83.1 Å². The predicted molar refractivity (Wildman–Crippen MR) is 139 cm³/mol. The summed E-state index contributed by atoms with van der Waals surface area (Å²) in [6.07, 6.45) is -5.26. The molecule has 39 heavy (non-hydrogen) atoms.